The molecule has 0 saturated heterocycles. The molecule has 17 heavy (non-hydrogen) atoms. The molecule has 92 valence electrons. The van der Waals surface area contributed by atoms with Crippen LogP contribution in [-0.2, 0) is 19.0 Å². The minimum atomic E-state index is 0.0635. The van der Waals surface area contributed by atoms with Crippen LogP contribution in [-0.4, -0.2) is 9.13 Å². The van der Waals surface area contributed by atoms with E-state index >= 15 is 0 Å². The van der Waals surface area contributed by atoms with E-state index in [1.54, 1.807) is 4.57 Å². The van der Waals surface area contributed by atoms with Crippen molar-refractivity contribution in [2.24, 2.45) is 7.05 Å². The van der Waals surface area contributed by atoms with Crippen molar-refractivity contribution in [1.82, 2.24) is 9.13 Å². The lowest BCUT2D eigenvalue weighted by Crippen LogP contribution is -2.21. The van der Waals surface area contributed by atoms with E-state index in [1.165, 1.54) is 5.56 Å². The zero-order valence-corrected chi connectivity index (χ0v) is 11.2. The summed E-state index contributed by atoms with van der Waals surface area (Å²) in [6.45, 7) is 9.26. The molecule has 1 aromatic heterocycles. The molecule has 0 atom stereocenters. The van der Waals surface area contributed by atoms with Gasteiger partial charge in [0.25, 0.3) is 0 Å². The van der Waals surface area contributed by atoms with Crippen molar-refractivity contribution in [2.45, 2.75) is 39.7 Å². The molecule has 0 amide bonds. The first-order valence-corrected chi connectivity index (χ1v) is 6.06. The lowest BCUT2D eigenvalue weighted by atomic mass is 9.87. The quantitative estimate of drug-likeness (QED) is 0.742. The molecular formula is C14H20N2O. The third kappa shape index (κ3) is 1.79. The average molecular weight is 232 g/mol. The molecule has 3 heteroatoms. The minimum Gasteiger partial charge on any atom is -0.295 e. The van der Waals surface area contributed by atoms with Gasteiger partial charge in [-0.05, 0) is 30.0 Å². The van der Waals surface area contributed by atoms with Crippen LogP contribution in [0.5, 0.6) is 0 Å². The molecule has 2 rings (SSSR count). The zero-order valence-electron chi connectivity index (χ0n) is 11.2. The highest BCUT2D eigenvalue weighted by Crippen LogP contribution is 2.25. The SMILES string of the molecule is CCn1c(=O)n(C)c2cc(C(C)(C)C)ccc21. The van der Waals surface area contributed by atoms with Crippen molar-refractivity contribution in [2.75, 3.05) is 0 Å². The standard InChI is InChI=1S/C14H20N2O/c1-6-16-11-8-7-10(14(2,3)4)9-12(11)15(5)13(16)17/h7-9H,6H2,1-5H3. The van der Waals surface area contributed by atoms with E-state index in [4.69, 9.17) is 0 Å². The van der Waals surface area contributed by atoms with E-state index in [0.717, 1.165) is 11.0 Å². The molecule has 0 N–H and O–H groups in total. The van der Waals surface area contributed by atoms with Gasteiger partial charge in [-0.25, -0.2) is 4.79 Å². The summed E-state index contributed by atoms with van der Waals surface area (Å²) in [5, 5.41) is 0. The third-order valence-electron chi connectivity index (χ3n) is 3.33. The monoisotopic (exact) mass is 232 g/mol. The molecule has 0 fully saturated rings. The Balaban J connectivity index is 2.80. The molecule has 0 aliphatic rings. The molecule has 0 aliphatic carbocycles. The molecule has 0 radical (unpaired) electrons. The smallest absolute Gasteiger partial charge is 0.295 e. The highest BCUT2D eigenvalue weighted by Gasteiger charge is 2.16. The van der Waals surface area contributed by atoms with Gasteiger partial charge in [-0.3, -0.25) is 9.13 Å². The van der Waals surface area contributed by atoms with Gasteiger partial charge in [0.05, 0.1) is 11.0 Å². The number of aromatic nitrogens is 2. The van der Waals surface area contributed by atoms with Crippen LogP contribution < -0.4 is 5.69 Å². The molecule has 2 aromatic rings. The normalized spacial score (nSPS) is 12.3. The maximum absolute atomic E-state index is 12.0. The van der Waals surface area contributed by atoms with Crippen LogP contribution in [0.2, 0.25) is 0 Å². The van der Waals surface area contributed by atoms with E-state index in [1.807, 2.05) is 18.5 Å². The van der Waals surface area contributed by atoms with Crippen LogP contribution in [0.4, 0.5) is 0 Å². The topological polar surface area (TPSA) is 26.9 Å². The summed E-state index contributed by atoms with van der Waals surface area (Å²) in [5.41, 5.74) is 3.47. The third-order valence-corrected chi connectivity index (χ3v) is 3.33. The van der Waals surface area contributed by atoms with Crippen molar-refractivity contribution in [3.8, 4) is 0 Å². The lowest BCUT2D eigenvalue weighted by molar-refractivity contribution is 0.591. The Bertz CT molecular complexity index is 611. The van der Waals surface area contributed by atoms with Crippen molar-refractivity contribution in [3.63, 3.8) is 0 Å². The second-order valence-corrected chi connectivity index (χ2v) is 5.54. The summed E-state index contributed by atoms with van der Waals surface area (Å²) in [7, 11) is 1.84. The summed E-state index contributed by atoms with van der Waals surface area (Å²) >= 11 is 0. The first kappa shape index (κ1) is 12.0. The molecular weight excluding hydrogens is 212 g/mol. The molecule has 0 spiro atoms. The van der Waals surface area contributed by atoms with Gasteiger partial charge < -0.3 is 0 Å². The Hall–Kier alpha value is -1.51. The van der Waals surface area contributed by atoms with Crippen LogP contribution in [0.1, 0.15) is 33.3 Å². The Morgan fingerprint density at radius 2 is 1.82 bits per heavy atom. The molecule has 1 aromatic carbocycles. The van der Waals surface area contributed by atoms with Crippen LogP contribution in [0.15, 0.2) is 23.0 Å². The van der Waals surface area contributed by atoms with Gasteiger partial charge in [-0.1, -0.05) is 26.8 Å². The van der Waals surface area contributed by atoms with E-state index in [-0.39, 0.29) is 11.1 Å². The Morgan fingerprint density at radius 3 is 2.35 bits per heavy atom. The fourth-order valence-corrected chi connectivity index (χ4v) is 2.18. The second-order valence-electron chi connectivity index (χ2n) is 5.54. The molecule has 1 heterocycles. The summed E-state index contributed by atoms with van der Waals surface area (Å²) < 4.78 is 3.54. The number of nitrogens with zero attached hydrogens (tertiary/aromatic N) is 2. The molecule has 3 nitrogen and oxygen atoms in total. The summed E-state index contributed by atoms with van der Waals surface area (Å²) in [6.07, 6.45) is 0. The summed E-state index contributed by atoms with van der Waals surface area (Å²) in [5.74, 6) is 0. The molecule has 0 saturated carbocycles. The fraction of sp³-hybridized carbons (Fsp3) is 0.500. The summed E-state index contributed by atoms with van der Waals surface area (Å²) in [4.78, 5) is 12.0. The number of imidazole rings is 1. The van der Waals surface area contributed by atoms with E-state index in [2.05, 4.69) is 39.0 Å². The van der Waals surface area contributed by atoms with Crippen LogP contribution in [0.25, 0.3) is 11.0 Å². The zero-order chi connectivity index (χ0) is 12.8. The van der Waals surface area contributed by atoms with Gasteiger partial charge in [0.15, 0.2) is 0 Å². The first-order valence-electron chi connectivity index (χ1n) is 6.06. The van der Waals surface area contributed by atoms with Crippen LogP contribution in [0.3, 0.4) is 0 Å². The lowest BCUT2D eigenvalue weighted by Gasteiger charge is -2.19. The fourth-order valence-electron chi connectivity index (χ4n) is 2.18. The largest absolute Gasteiger partial charge is 0.328 e. The molecule has 0 unspecified atom stereocenters. The Labute approximate surface area is 102 Å². The van der Waals surface area contributed by atoms with E-state index in [0.29, 0.717) is 6.54 Å². The van der Waals surface area contributed by atoms with Crippen molar-refractivity contribution in [3.05, 3.63) is 34.2 Å². The van der Waals surface area contributed by atoms with Crippen molar-refractivity contribution in [1.29, 1.82) is 0 Å². The second kappa shape index (κ2) is 3.76. The number of fused-ring (bicyclic) bond motifs is 1. The minimum absolute atomic E-state index is 0.0635. The number of hydrogen-bond acceptors (Lipinski definition) is 1. The van der Waals surface area contributed by atoms with Crippen LogP contribution >= 0.6 is 0 Å². The van der Waals surface area contributed by atoms with Gasteiger partial charge in [0, 0.05) is 13.6 Å². The van der Waals surface area contributed by atoms with E-state index in [9.17, 15) is 4.79 Å². The predicted octanol–water partition coefficient (Wildman–Crippen LogP) is 2.66. The number of aryl methyl sites for hydroxylation is 2. The maximum Gasteiger partial charge on any atom is 0.328 e. The van der Waals surface area contributed by atoms with Gasteiger partial charge in [-0.2, -0.15) is 0 Å². The Kier molecular flexibility index (Phi) is 2.64. The number of benzene rings is 1. The Morgan fingerprint density at radius 1 is 1.18 bits per heavy atom. The maximum atomic E-state index is 12.0. The van der Waals surface area contributed by atoms with E-state index < -0.39 is 0 Å². The van der Waals surface area contributed by atoms with Crippen molar-refractivity contribution >= 4 is 11.0 Å². The van der Waals surface area contributed by atoms with Gasteiger partial charge in [0.2, 0.25) is 0 Å². The van der Waals surface area contributed by atoms with Gasteiger partial charge in [0.1, 0.15) is 0 Å². The average Bonchev–Trinajstić information content (AvgIpc) is 2.50. The number of rotatable bonds is 1. The van der Waals surface area contributed by atoms with Gasteiger partial charge >= 0.3 is 5.69 Å². The highest BCUT2D eigenvalue weighted by atomic mass is 16.1. The van der Waals surface area contributed by atoms with Crippen molar-refractivity contribution < 1.29 is 0 Å². The molecule has 0 aliphatic heterocycles. The predicted molar refractivity (Wildman–Crippen MR) is 71.6 cm³/mol. The van der Waals surface area contributed by atoms with Crippen LogP contribution in [0, 0.1) is 0 Å². The first-order chi connectivity index (χ1) is 7.86. The molecule has 0 bridgehead atoms. The van der Waals surface area contributed by atoms with Gasteiger partial charge in [-0.15, -0.1) is 0 Å². The number of hydrogen-bond donors (Lipinski definition) is 0. The highest BCUT2D eigenvalue weighted by molar-refractivity contribution is 5.77. The summed E-state index contributed by atoms with van der Waals surface area (Å²) in [6, 6.07) is 6.30.